The molecule has 0 spiro atoms. The Morgan fingerprint density at radius 2 is 1.74 bits per heavy atom. The van der Waals surface area contributed by atoms with Crippen molar-refractivity contribution < 1.29 is 9.47 Å². The summed E-state index contributed by atoms with van der Waals surface area (Å²) in [5.74, 6) is 2.63. The van der Waals surface area contributed by atoms with E-state index in [0.717, 1.165) is 62.3 Å². The third-order valence-corrected chi connectivity index (χ3v) is 6.05. The van der Waals surface area contributed by atoms with Gasteiger partial charge >= 0.3 is 0 Å². The highest BCUT2D eigenvalue weighted by molar-refractivity contribution is 14.0. The molecule has 0 amide bonds. The smallest absolute Gasteiger partial charge is 0.231 e. The second-order valence-corrected chi connectivity index (χ2v) is 8.38. The molecule has 2 aliphatic rings. The highest BCUT2D eigenvalue weighted by Crippen LogP contribution is 2.32. The number of benzene rings is 2. The zero-order valence-corrected chi connectivity index (χ0v) is 21.7. The minimum atomic E-state index is 0. The van der Waals surface area contributed by atoms with E-state index in [9.17, 15) is 0 Å². The van der Waals surface area contributed by atoms with Crippen LogP contribution < -0.4 is 14.8 Å². The Labute approximate surface area is 217 Å². The highest BCUT2D eigenvalue weighted by Gasteiger charge is 2.21. The van der Waals surface area contributed by atoms with Gasteiger partial charge in [-0.15, -0.1) is 24.0 Å². The topological polar surface area (TPSA) is 67.2 Å². The van der Waals surface area contributed by atoms with E-state index in [0.29, 0.717) is 13.3 Å². The molecule has 1 fully saturated rings. The third-order valence-electron chi connectivity index (χ3n) is 6.05. The number of rotatable bonds is 6. The minimum Gasteiger partial charge on any atom is -0.454 e. The Bertz CT molecular complexity index is 1100. The molecule has 180 valence electrons. The molecule has 3 heterocycles. The molecule has 1 aromatic heterocycles. The van der Waals surface area contributed by atoms with Crippen LogP contribution in [0.3, 0.4) is 0 Å². The van der Waals surface area contributed by atoms with Gasteiger partial charge in [0.25, 0.3) is 0 Å². The molecule has 1 saturated heterocycles. The molecule has 3 aromatic rings. The summed E-state index contributed by atoms with van der Waals surface area (Å²) in [6.45, 7) is 6.58. The van der Waals surface area contributed by atoms with Gasteiger partial charge in [0.1, 0.15) is 0 Å². The Hall–Kier alpha value is -2.79. The Kier molecular flexibility index (Phi) is 8.28. The van der Waals surface area contributed by atoms with Gasteiger partial charge in [-0.25, -0.2) is 0 Å². The van der Waals surface area contributed by atoms with Crippen LogP contribution in [0.5, 0.6) is 11.5 Å². The molecular formula is C25H31IN6O2. The number of hydrogen-bond donors (Lipinski definition) is 1. The fourth-order valence-corrected chi connectivity index (χ4v) is 4.28. The van der Waals surface area contributed by atoms with Gasteiger partial charge < -0.3 is 19.7 Å². The molecule has 9 heteroatoms. The number of fused-ring (bicyclic) bond motifs is 1. The summed E-state index contributed by atoms with van der Waals surface area (Å²) >= 11 is 0. The standard InChI is InChI=1S/C25H30N6O2.HI/c1-26-25(27-14-22-15-28-31(18-22)17-20-5-3-2-4-6-20)30-11-9-29(10-12-30)16-21-7-8-23-24(13-21)33-19-32-23;/h2-8,13,15,18H,9-12,14,16-17,19H2,1H3,(H,26,27);1H. The van der Waals surface area contributed by atoms with Gasteiger partial charge in [0.2, 0.25) is 6.79 Å². The minimum absolute atomic E-state index is 0. The number of nitrogens with zero attached hydrogens (tertiary/aromatic N) is 5. The lowest BCUT2D eigenvalue weighted by atomic mass is 10.1. The van der Waals surface area contributed by atoms with Crippen LogP contribution in [0.25, 0.3) is 0 Å². The first kappa shape index (κ1) is 24.3. The Morgan fingerprint density at radius 1 is 0.941 bits per heavy atom. The first-order chi connectivity index (χ1) is 16.3. The molecule has 0 unspecified atom stereocenters. The van der Waals surface area contributed by atoms with E-state index in [1.807, 2.05) is 30.1 Å². The molecule has 2 aliphatic heterocycles. The van der Waals surface area contributed by atoms with Crippen molar-refractivity contribution in [3.05, 3.63) is 77.6 Å². The van der Waals surface area contributed by atoms with E-state index in [2.05, 4.69) is 67.8 Å². The van der Waals surface area contributed by atoms with Gasteiger partial charge in [0, 0.05) is 58.1 Å². The Morgan fingerprint density at radius 3 is 2.53 bits per heavy atom. The van der Waals surface area contributed by atoms with Gasteiger partial charge in [-0.1, -0.05) is 36.4 Å². The molecule has 0 bridgehead atoms. The van der Waals surface area contributed by atoms with Crippen LogP contribution in [0.4, 0.5) is 0 Å². The van der Waals surface area contributed by atoms with E-state index in [-0.39, 0.29) is 24.0 Å². The second kappa shape index (κ2) is 11.6. The van der Waals surface area contributed by atoms with Crippen LogP contribution in [0.15, 0.2) is 65.9 Å². The third kappa shape index (κ3) is 6.01. The van der Waals surface area contributed by atoms with Crippen molar-refractivity contribution in [2.45, 2.75) is 19.6 Å². The number of hydrogen-bond acceptors (Lipinski definition) is 5. The molecule has 0 atom stereocenters. The summed E-state index contributed by atoms with van der Waals surface area (Å²) in [5, 5.41) is 8.00. The van der Waals surface area contributed by atoms with Crippen molar-refractivity contribution in [1.82, 2.24) is 24.9 Å². The number of guanidine groups is 1. The fourth-order valence-electron chi connectivity index (χ4n) is 4.28. The molecule has 0 radical (unpaired) electrons. The lowest BCUT2D eigenvalue weighted by Crippen LogP contribution is -2.52. The molecule has 2 aromatic carbocycles. The summed E-state index contributed by atoms with van der Waals surface area (Å²) in [4.78, 5) is 9.30. The molecule has 34 heavy (non-hydrogen) atoms. The predicted octanol–water partition coefficient (Wildman–Crippen LogP) is 3.17. The van der Waals surface area contributed by atoms with E-state index >= 15 is 0 Å². The van der Waals surface area contributed by atoms with Crippen LogP contribution in [-0.2, 0) is 19.6 Å². The number of halogens is 1. The molecule has 1 N–H and O–H groups in total. The zero-order chi connectivity index (χ0) is 22.5. The number of aromatic nitrogens is 2. The first-order valence-corrected chi connectivity index (χ1v) is 11.4. The average molecular weight is 574 g/mol. The van der Waals surface area contributed by atoms with Gasteiger partial charge in [-0.05, 0) is 23.3 Å². The average Bonchev–Trinajstić information content (AvgIpc) is 3.50. The number of ether oxygens (including phenoxy) is 2. The fraction of sp³-hybridized carbons (Fsp3) is 0.360. The van der Waals surface area contributed by atoms with Gasteiger partial charge in [0.15, 0.2) is 17.5 Å². The molecular weight excluding hydrogens is 543 g/mol. The number of nitrogens with one attached hydrogen (secondary N) is 1. The van der Waals surface area contributed by atoms with Crippen molar-refractivity contribution in [2.75, 3.05) is 40.0 Å². The summed E-state index contributed by atoms with van der Waals surface area (Å²) in [7, 11) is 1.85. The van der Waals surface area contributed by atoms with E-state index in [1.165, 1.54) is 11.1 Å². The van der Waals surface area contributed by atoms with E-state index in [4.69, 9.17) is 9.47 Å². The van der Waals surface area contributed by atoms with Crippen LogP contribution >= 0.6 is 24.0 Å². The second-order valence-electron chi connectivity index (χ2n) is 8.38. The van der Waals surface area contributed by atoms with Crippen molar-refractivity contribution >= 4 is 29.9 Å². The van der Waals surface area contributed by atoms with Gasteiger partial charge in [-0.3, -0.25) is 14.6 Å². The number of piperazine rings is 1. The predicted molar refractivity (Wildman–Crippen MR) is 143 cm³/mol. The quantitative estimate of drug-likeness (QED) is 0.277. The first-order valence-electron chi connectivity index (χ1n) is 11.4. The highest BCUT2D eigenvalue weighted by atomic mass is 127. The van der Waals surface area contributed by atoms with Crippen LogP contribution in [0.1, 0.15) is 16.7 Å². The van der Waals surface area contributed by atoms with Gasteiger partial charge in [0.05, 0.1) is 12.7 Å². The van der Waals surface area contributed by atoms with Crippen molar-refractivity contribution in [3.63, 3.8) is 0 Å². The maximum Gasteiger partial charge on any atom is 0.231 e. The lowest BCUT2D eigenvalue weighted by molar-refractivity contribution is 0.171. The molecule has 0 saturated carbocycles. The van der Waals surface area contributed by atoms with Crippen LogP contribution in [0, 0.1) is 0 Å². The lowest BCUT2D eigenvalue weighted by Gasteiger charge is -2.36. The monoisotopic (exact) mass is 574 g/mol. The molecule has 5 rings (SSSR count). The maximum atomic E-state index is 5.51. The normalized spacial score (nSPS) is 15.8. The maximum absolute atomic E-state index is 5.51. The summed E-state index contributed by atoms with van der Waals surface area (Å²) in [5.41, 5.74) is 3.64. The van der Waals surface area contributed by atoms with Crippen molar-refractivity contribution in [3.8, 4) is 11.5 Å². The van der Waals surface area contributed by atoms with E-state index in [1.54, 1.807) is 0 Å². The Balaban J connectivity index is 0.00000274. The summed E-state index contributed by atoms with van der Waals surface area (Å²) in [6.07, 6.45) is 4.02. The van der Waals surface area contributed by atoms with E-state index < -0.39 is 0 Å². The van der Waals surface area contributed by atoms with Crippen LogP contribution in [-0.4, -0.2) is 65.6 Å². The SMILES string of the molecule is CN=C(NCc1cnn(Cc2ccccc2)c1)N1CCN(Cc2ccc3c(c2)OCO3)CC1.I. The zero-order valence-electron chi connectivity index (χ0n) is 19.4. The van der Waals surface area contributed by atoms with Gasteiger partial charge in [-0.2, -0.15) is 5.10 Å². The molecule has 0 aliphatic carbocycles. The van der Waals surface area contributed by atoms with Crippen molar-refractivity contribution in [1.29, 1.82) is 0 Å². The number of aliphatic imine (C=N–C) groups is 1. The molecule has 8 nitrogen and oxygen atoms in total. The van der Waals surface area contributed by atoms with Crippen molar-refractivity contribution in [2.24, 2.45) is 4.99 Å². The van der Waals surface area contributed by atoms with Crippen LogP contribution in [0.2, 0.25) is 0 Å². The summed E-state index contributed by atoms with van der Waals surface area (Å²) in [6, 6.07) is 16.6. The summed E-state index contributed by atoms with van der Waals surface area (Å²) < 4.78 is 12.9. The largest absolute Gasteiger partial charge is 0.454 e.